The summed E-state index contributed by atoms with van der Waals surface area (Å²) < 4.78 is 5.70. The molecule has 0 N–H and O–H groups in total. The molecule has 1 aliphatic rings. The average molecular weight is 311 g/mol. The van der Waals surface area contributed by atoms with E-state index in [1.54, 1.807) is 36.1 Å². The van der Waals surface area contributed by atoms with Gasteiger partial charge in [-0.05, 0) is 37.8 Å². The van der Waals surface area contributed by atoms with Crippen molar-refractivity contribution in [1.29, 1.82) is 10.5 Å². The Balaban J connectivity index is 2.02. The minimum atomic E-state index is -0.678. The molecule has 5 heteroatoms. The van der Waals surface area contributed by atoms with Crippen molar-refractivity contribution in [3.05, 3.63) is 29.8 Å². The Morgan fingerprint density at radius 3 is 2.74 bits per heavy atom. The average Bonchev–Trinajstić information content (AvgIpc) is 2.53. The highest BCUT2D eigenvalue weighted by molar-refractivity contribution is 5.81. The van der Waals surface area contributed by atoms with Crippen LogP contribution < -0.4 is 4.74 Å². The third-order valence-electron chi connectivity index (χ3n) is 4.17. The number of amides is 1. The van der Waals surface area contributed by atoms with Crippen molar-refractivity contribution in [2.24, 2.45) is 5.92 Å². The summed E-state index contributed by atoms with van der Waals surface area (Å²) in [4.78, 5) is 14.4. The fourth-order valence-corrected chi connectivity index (χ4v) is 2.62. The molecule has 1 fully saturated rings. The van der Waals surface area contributed by atoms with Crippen LogP contribution in [0.15, 0.2) is 24.3 Å². The molecular weight excluding hydrogens is 290 g/mol. The minimum absolute atomic E-state index is 0.125. The molecule has 1 aromatic rings. The standard InChI is InChI=1S/C18H21N3O2/c1-14(23-17-9-3-2-8-16(17)12-20)18(22)21(11-5-10-19)13-15-6-4-7-15/h2-3,8-9,14-15H,4-7,11,13H2,1H3/t14-/m0/s1. The van der Waals surface area contributed by atoms with Crippen LogP contribution >= 0.6 is 0 Å². The monoisotopic (exact) mass is 311 g/mol. The van der Waals surface area contributed by atoms with E-state index in [4.69, 9.17) is 15.3 Å². The number of para-hydroxylation sites is 1. The predicted molar refractivity (Wildman–Crippen MR) is 85.4 cm³/mol. The van der Waals surface area contributed by atoms with Crippen LogP contribution in [0.2, 0.25) is 0 Å². The first-order valence-corrected chi connectivity index (χ1v) is 7.97. The van der Waals surface area contributed by atoms with Crippen LogP contribution in [-0.2, 0) is 4.79 Å². The number of carbonyl (C=O) groups is 1. The Morgan fingerprint density at radius 2 is 2.13 bits per heavy atom. The fraction of sp³-hybridized carbons (Fsp3) is 0.500. The molecular formula is C18H21N3O2. The molecule has 0 heterocycles. The highest BCUT2D eigenvalue weighted by Crippen LogP contribution is 2.27. The summed E-state index contributed by atoms with van der Waals surface area (Å²) in [5.41, 5.74) is 0.412. The molecule has 1 atom stereocenters. The Morgan fingerprint density at radius 1 is 1.39 bits per heavy atom. The van der Waals surface area contributed by atoms with Crippen LogP contribution in [-0.4, -0.2) is 30.0 Å². The maximum atomic E-state index is 12.6. The Hall–Kier alpha value is -2.53. The number of benzene rings is 1. The first-order chi connectivity index (χ1) is 11.2. The van der Waals surface area contributed by atoms with Crippen molar-refractivity contribution in [3.63, 3.8) is 0 Å². The number of ether oxygens (including phenoxy) is 1. The van der Waals surface area contributed by atoms with E-state index in [9.17, 15) is 4.79 Å². The maximum Gasteiger partial charge on any atom is 0.263 e. The van der Waals surface area contributed by atoms with E-state index in [1.807, 2.05) is 0 Å². The smallest absolute Gasteiger partial charge is 0.263 e. The van der Waals surface area contributed by atoms with Gasteiger partial charge in [0.15, 0.2) is 6.10 Å². The SMILES string of the molecule is C[C@H](Oc1ccccc1C#N)C(=O)N(CCC#N)CC1CCC1. The molecule has 0 saturated heterocycles. The van der Waals surface area contributed by atoms with Gasteiger partial charge < -0.3 is 9.64 Å². The summed E-state index contributed by atoms with van der Waals surface area (Å²) in [6.07, 6.45) is 3.14. The minimum Gasteiger partial charge on any atom is -0.480 e. The van der Waals surface area contributed by atoms with Gasteiger partial charge in [-0.3, -0.25) is 4.79 Å². The maximum absolute atomic E-state index is 12.6. The number of hydrogen-bond acceptors (Lipinski definition) is 4. The van der Waals surface area contributed by atoms with E-state index in [2.05, 4.69) is 12.1 Å². The normalized spacial score (nSPS) is 14.9. The van der Waals surface area contributed by atoms with E-state index in [-0.39, 0.29) is 5.91 Å². The molecule has 1 amide bonds. The predicted octanol–water partition coefficient (Wildman–Crippen LogP) is 2.87. The third kappa shape index (κ3) is 4.47. The zero-order valence-corrected chi connectivity index (χ0v) is 13.4. The lowest BCUT2D eigenvalue weighted by molar-refractivity contribution is -0.139. The van der Waals surface area contributed by atoms with Crippen molar-refractivity contribution < 1.29 is 9.53 Å². The van der Waals surface area contributed by atoms with Gasteiger partial charge in [0.05, 0.1) is 18.1 Å². The van der Waals surface area contributed by atoms with E-state index in [0.717, 1.165) is 12.8 Å². The zero-order valence-electron chi connectivity index (χ0n) is 13.4. The number of nitrogens with zero attached hydrogens (tertiary/aromatic N) is 3. The second-order valence-corrected chi connectivity index (χ2v) is 5.86. The molecule has 0 bridgehead atoms. The van der Waals surface area contributed by atoms with Crippen molar-refractivity contribution in [1.82, 2.24) is 4.90 Å². The summed E-state index contributed by atoms with van der Waals surface area (Å²) in [5, 5.41) is 17.9. The molecule has 2 rings (SSSR count). The third-order valence-corrected chi connectivity index (χ3v) is 4.17. The van der Waals surface area contributed by atoms with Gasteiger partial charge in [-0.25, -0.2) is 0 Å². The molecule has 23 heavy (non-hydrogen) atoms. The number of carbonyl (C=O) groups excluding carboxylic acids is 1. The highest BCUT2D eigenvalue weighted by Gasteiger charge is 2.27. The molecule has 0 aliphatic heterocycles. The number of rotatable bonds is 7. The molecule has 0 spiro atoms. The van der Waals surface area contributed by atoms with E-state index in [1.165, 1.54) is 6.42 Å². The Bertz CT molecular complexity index is 626. The Labute approximate surface area is 137 Å². The lowest BCUT2D eigenvalue weighted by Crippen LogP contribution is -2.44. The molecule has 1 aliphatic carbocycles. The number of nitriles is 2. The van der Waals surface area contributed by atoms with Gasteiger partial charge >= 0.3 is 0 Å². The van der Waals surface area contributed by atoms with E-state index in [0.29, 0.717) is 36.7 Å². The van der Waals surface area contributed by atoms with Crippen LogP contribution in [0.25, 0.3) is 0 Å². The number of hydrogen-bond donors (Lipinski definition) is 0. The quantitative estimate of drug-likeness (QED) is 0.775. The molecule has 1 aromatic carbocycles. The van der Waals surface area contributed by atoms with Crippen LogP contribution in [0, 0.1) is 28.6 Å². The van der Waals surface area contributed by atoms with Gasteiger partial charge in [0.2, 0.25) is 0 Å². The lowest BCUT2D eigenvalue weighted by atomic mass is 9.85. The van der Waals surface area contributed by atoms with E-state index < -0.39 is 6.10 Å². The summed E-state index contributed by atoms with van der Waals surface area (Å²) in [6, 6.07) is 11.0. The van der Waals surface area contributed by atoms with Gasteiger partial charge in [-0.2, -0.15) is 10.5 Å². The first-order valence-electron chi connectivity index (χ1n) is 7.97. The van der Waals surface area contributed by atoms with Gasteiger partial charge in [-0.1, -0.05) is 18.6 Å². The van der Waals surface area contributed by atoms with Crippen LogP contribution in [0.1, 0.15) is 38.2 Å². The van der Waals surface area contributed by atoms with Crippen molar-refractivity contribution in [2.45, 2.75) is 38.7 Å². The zero-order chi connectivity index (χ0) is 16.7. The van der Waals surface area contributed by atoms with Crippen molar-refractivity contribution >= 4 is 5.91 Å². The molecule has 0 radical (unpaired) electrons. The molecule has 0 aromatic heterocycles. The summed E-state index contributed by atoms with van der Waals surface area (Å²) in [6.45, 7) is 2.81. The highest BCUT2D eigenvalue weighted by atomic mass is 16.5. The largest absolute Gasteiger partial charge is 0.480 e. The lowest BCUT2D eigenvalue weighted by Gasteiger charge is -2.33. The molecule has 120 valence electrons. The fourth-order valence-electron chi connectivity index (χ4n) is 2.62. The molecule has 5 nitrogen and oxygen atoms in total. The summed E-state index contributed by atoms with van der Waals surface area (Å²) >= 11 is 0. The van der Waals surface area contributed by atoms with Crippen molar-refractivity contribution in [2.75, 3.05) is 13.1 Å². The molecule has 0 unspecified atom stereocenters. The summed E-state index contributed by atoms with van der Waals surface area (Å²) in [5.74, 6) is 0.829. The van der Waals surface area contributed by atoms with Gasteiger partial charge in [0, 0.05) is 13.1 Å². The van der Waals surface area contributed by atoms with Gasteiger partial charge in [0.25, 0.3) is 5.91 Å². The van der Waals surface area contributed by atoms with Crippen LogP contribution in [0.5, 0.6) is 5.75 Å². The topological polar surface area (TPSA) is 77.1 Å². The van der Waals surface area contributed by atoms with Crippen LogP contribution in [0.3, 0.4) is 0 Å². The second-order valence-electron chi connectivity index (χ2n) is 5.86. The Kier molecular flexibility index (Phi) is 6.00. The van der Waals surface area contributed by atoms with Crippen molar-refractivity contribution in [3.8, 4) is 17.9 Å². The second kappa shape index (κ2) is 8.19. The molecule has 1 saturated carbocycles. The summed E-state index contributed by atoms with van der Waals surface area (Å²) in [7, 11) is 0. The van der Waals surface area contributed by atoms with E-state index >= 15 is 0 Å². The van der Waals surface area contributed by atoms with Gasteiger partial charge in [-0.15, -0.1) is 0 Å². The first kappa shape index (κ1) is 16.8. The van der Waals surface area contributed by atoms with Gasteiger partial charge in [0.1, 0.15) is 11.8 Å². The van der Waals surface area contributed by atoms with Crippen LogP contribution in [0.4, 0.5) is 0 Å².